The predicted octanol–water partition coefficient (Wildman–Crippen LogP) is 3.04. The summed E-state index contributed by atoms with van der Waals surface area (Å²) in [6.07, 6.45) is 1.09. The molecule has 1 amide bonds. The number of carbonyl (C=O) groups excluding carboxylic acids is 1. The second kappa shape index (κ2) is 9.17. The van der Waals surface area contributed by atoms with Gasteiger partial charge in [-0.15, -0.1) is 0 Å². The van der Waals surface area contributed by atoms with E-state index < -0.39 is 22.0 Å². The first-order valence-electron chi connectivity index (χ1n) is 9.16. The van der Waals surface area contributed by atoms with Crippen molar-refractivity contribution in [3.63, 3.8) is 0 Å². The number of nitrogens with one attached hydrogen (secondary N) is 1. The Morgan fingerprint density at radius 1 is 1.00 bits per heavy atom. The van der Waals surface area contributed by atoms with Gasteiger partial charge in [-0.2, -0.15) is 0 Å². The van der Waals surface area contributed by atoms with Crippen LogP contribution < -0.4 is 19.1 Å². The zero-order valence-electron chi connectivity index (χ0n) is 17.6. The van der Waals surface area contributed by atoms with Gasteiger partial charge in [0.25, 0.3) is 0 Å². The Hall–Kier alpha value is -2.74. The minimum atomic E-state index is -3.66. The molecule has 0 saturated carbocycles. The largest absolute Gasteiger partial charge is 0.493 e. The van der Waals surface area contributed by atoms with E-state index in [1.165, 1.54) is 0 Å². The SMILES string of the molecule is COc1ccc([C@H](C)NC(=O)[C@@H](C)N(c2ccc(C)cc2)S(C)(=O)=O)cc1OC. The van der Waals surface area contributed by atoms with Crippen molar-refractivity contribution in [1.29, 1.82) is 0 Å². The van der Waals surface area contributed by atoms with Crippen molar-refractivity contribution in [2.24, 2.45) is 0 Å². The molecule has 0 saturated heterocycles. The lowest BCUT2D eigenvalue weighted by atomic mass is 10.1. The summed E-state index contributed by atoms with van der Waals surface area (Å²) in [6, 6.07) is 11.1. The van der Waals surface area contributed by atoms with Crippen LogP contribution in [0.1, 0.15) is 31.0 Å². The summed E-state index contributed by atoms with van der Waals surface area (Å²) >= 11 is 0. The van der Waals surface area contributed by atoms with Crippen molar-refractivity contribution in [3.8, 4) is 11.5 Å². The van der Waals surface area contributed by atoms with Crippen LogP contribution >= 0.6 is 0 Å². The smallest absolute Gasteiger partial charge is 0.244 e. The monoisotopic (exact) mass is 420 g/mol. The van der Waals surface area contributed by atoms with Crippen LogP contribution in [0.4, 0.5) is 5.69 Å². The number of methoxy groups -OCH3 is 2. The molecular weight excluding hydrogens is 392 g/mol. The Balaban J connectivity index is 2.24. The first-order chi connectivity index (χ1) is 13.6. The topological polar surface area (TPSA) is 84.9 Å². The number of sulfonamides is 1. The molecule has 0 bridgehead atoms. The molecule has 8 heteroatoms. The summed E-state index contributed by atoms with van der Waals surface area (Å²) < 4.78 is 36.4. The number of rotatable bonds is 8. The number of nitrogens with zero attached hydrogens (tertiary/aromatic N) is 1. The highest BCUT2D eigenvalue weighted by molar-refractivity contribution is 7.92. The molecule has 158 valence electrons. The third-order valence-corrected chi connectivity index (χ3v) is 5.88. The van der Waals surface area contributed by atoms with Crippen molar-refractivity contribution >= 4 is 21.6 Å². The molecule has 2 atom stereocenters. The zero-order valence-corrected chi connectivity index (χ0v) is 18.4. The lowest BCUT2D eigenvalue weighted by Crippen LogP contribution is -2.48. The van der Waals surface area contributed by atoms with Gasteiger partial charge < -0.3 is 14.8 Å². The van der Waals surface area contributed by atoms with Crippen LogP contribution in [0.3, 0.4) is 0 Å². The molecule has 29 heavy (non-hydrogen) atoms. The number of carbonyl (C=O) groups is 1. The predicted molar refractivity (Wildman–Crippen MR) is 114 cm³/mol. The van der Waals surface area contributed by atoms with Gasteiger partial charge in [0.05, 0.1) is 32.2 Å². The highest BCUT2D eigenvalue weighted by Gasteiger charge is 2.30. The fourth-order valence-electron chi connectivity index (χ4n) is 3.04. The number of aryl methyl sites for hydroxylation is 1. The summed E-state index contributed by atoms with van der Waals surface area (Å²) in [6.45, 7) is 5.30. The van der Waals surface area contributed by atoms with Gasteiger partial charge in [0.15, 0.2) is 11.5 Å². The minimum Gasteiger partial charge on any atom is -0.493 e. The van der Waals surface area contributed by atoms with Crippen LogP contribution in [0.25, 0.3) is 0 Å². The Morgan fingerprint density at radius 3 is 2.10 bits per heavy atom. The van der Waals surface area contributed by atoms with Gasteiger partial charge in [-0.3, -0.25) is 9.10 Å². The van der Waals surface area contributed by atoms with Crippen molar-refractivity contribution in [2.45, 2.75) is 32.9 Å². The molecule has 0 radical (unpaired) electrons. The molecule has 0 aliphatic carbocycles. The molecule has 2 aromatic rings. The van der Waals surface area contributed by atoms with E-state index in [1.807, 2.05) is 32.0 Å². The summed E-state index contributed by atoms with van der Waals surface area (Å²) in [4.78, 5) is 12.9. The van der Waals surface area contributed by atoms with Gasteiger partial charge in [-0.25, -0.2) is 8.42 Å². The quantitative estimate of drug-likeness (QED) is 0.710. The summed E-state index contributed by atoms with van der Waals surface area (Å²) in [5.41, 5.74) is 2.25. The molecule has 0 unspecified atom stereocenters. The third-order valence-electron chi connectivity index (χ3n) is 4.64. The van der Waals surface area contributed by atoms with Crippen LogP contribution in [-0.4, -0.2) is 40.8 Å². The molecule has 2 aromatic carbocycles. The highest BCUT2D eigenvalue weighted by atomic mass is 32.2. The van der Waals surface area contributed by atoms with Crippen molar-refractivity contribution in [3.05, 3.63) is 53.6 Å². The molecule has 0 aliphatic rings. The molecule has 0 heterocycles. The van der Waals surface area contributed by atoms with Crippen LogP contribution in [0.2, 0.25) is 0 Å². The standard InChI is InChI=1S/C21H28N2O5S/c1-14-7-10-18(11-8-14)23(29(6,25)26)16(3)21(24)22-15(2)17-9-12-19(27-4)20(13-17)28-5/h7-13,15-16H,1-6H3,(H,22,24)/t15-,16+/m0/s1. The maximum atomic E-state index is 12.9. The third kappa shape index (κ3) is 5.41. The molecule has 0 fully saturated rings. The zero-order chi connectivity index (χ0) is 21.8. The molecule has 0 aliphatic heterocycles. The van der Waals surface area contributed by atoms with Crippen LogP contribution in [0, 0.1) is 6.92 Å². The van der Waals surface area contributed by atoms with Gasteiger partial charge >= 0.3 is 0 Å². The van der Waals surface area contributed by atoms with Crippen molar-refractivity contribution in [1.82, 2.24) is 5.32 Å². The summed E-state index contributed by atoms with van der Waals surface area (Å²) in [5, 5.41) is 2.88. The van der Waals surface area contributed by atoms with Crippen molar-refractivity contribution in [2.75, 3.05) is 24.8 Å². The van der Waals surface area contributed by atoms with Crippen LogP contribution in [0.5, 0.6) is 11.5 Å². The van der Waals surface area contributed by atoms with Gasteiger partial charge in [-0.1, -0.05) is 23.8 Å². The van der Waals surface area contributed by atoms with E-state index in [9.17, 15) is 13.2 Å². The average molecular weight is 421 g/mol. The molecule has 1 N–H and O–H groups in total. The minimum absolute atomic E-state index is 0.357. The lowest BCUT2D eigenvalue weighted by molar-refractivity contribution is -0.122. The Bertz CT molecular complexity index is 958. The number of hydrogen-bond donors (Lipinski definition) is 1. The Morgan fingerprint density at radius 2 is 1.59 bits per heavy atom. The molecule has 0 spiro atoms. The van der Waals surface area contributed by atoms with E-state index in [4.69, 9.17) is 9.47 Å². The van der Waals surface area contributed by atoms with Crippen molar-refractivity contribution < 1.29 is 22.7 Å². The van der Waals surface area contributed by atoms with Gasteiger partial charge in [0.2, 0.25) is 15.9 Å². The number of benzene rings is 2. The molecule has 2 rings (SSSR count). The fourth-order valence-corrected chi connectivity index (χ4v) is 4.21. The molecular formula is C21H28N2O5S. The summed E-state index contributed by atoms with van der Waals surface area (Å²) in [7, 11) is -0.568. The number of amides is 1. The second-order valence-electron chi connectivity index (χ2n) is 6.92. The number of hydrogen-bond acceptors (Lipinski definition) is 5. The van der Waals surface area contributed by atoms with Gasteiger partial charge in [0.1, 0.15) is 6.04 Å². The van der Waals surface area contributed by atoms with Gasteiger partial charge in [0, 0.05) is 0 Å². The van der Waals surface area contributed by atoms with Crippen LogP contribution in [0.15, 0.2) is 42.5 Å². The van der Waals surface area contributed by atoms with Gasteiger partial charge in [-0.05, 0) is 50.6 Å². The molecule has 0 aromatic heterocycles. The maximum Gasteiger partial charge on any atom is 0.244 e. The second-order valence-corrected chi connectivity index (χ2v) is 8.77. The van der Waals surface area contributed by atoms with E-state index in [-0.39, 0.29) is 6.04 Å². The van der Waals surface area contributed by atoms with E-state index in [2.05, 4.69) is 5.32 Å². The summed E-state index contributed by atoms with van der Waals surface area (Å²) in [5.74, 6) is 0.737. The van der Waals surface area contributed by atoms with E-state index >= 15 is 0 Å². The highest BCUT2D eigenvalue weighted by Crippen LogP contribution is 2.30. The van der Waals surface area contributed by atoms with E-state index in [1.54, 1.807) is 45.4 Å². The Labute approximate surface area is 172 Å². The lowest BCUT2D eigenvalue weighted by Gasteiger charge is -2.29. The number of ether oxygens (including phenoxy) is 2. The normalized spacial score (nSPS) is 13.3. The van der Waals surface area contributed by atoms with E-state index in [0.717, 1.165) is 21.7 Å². The fraction of sp³-hybridized carbons (Fsp3) is 0.381. The average Bonchev–Trinajstić information content (AvgIpc) is 2.67. The first-order valence-corrected chi connectivity index (χ1v) is 11.0. The van der Waals surface area contributed by atoms with Crippen LogP contribution in [-0.2, 0) is 14.8 Å². The van der Waals surface area contributed by atoms with E-state index in [0.29, 0.717) is 17.2 Å². The maximum absolute atomic E-state index is 12.9. The number of anilines is 1. The Kier molecular flexibility index (Phi) is 7.13. The first kappa shape index (κ1) is 22.5. The molecule has 7 nitrogen and oxygen atoms in total.